The van der Waals surface area contributed by atoms with Gasteiger partial charge in [0.15, 0.2) is 5.01 Å². The Bertz CT molecular complexity index is 341. The number of rotatable bonds is 6. The molecule has 98 valence electrons. The van der Waals surface area contributed by atoms with Crippen molar-refractivity contribution in [2.75, 3.05) is 13.2 Å². The first kappa shape index (κ1) is 14.4. The van der Waals surface area contributed by atoms with Crippen LogP contribution in [0.15, 0.2) is 6.20 Å². The Hall–Kier alpha value is -0.660. The van der Waals surface area contributed by atoms with Gasteiger partial charge < -0.3 is 10.5 Å². The second-order valence-electron chi connectivity index (χ2n) is 3.51. The van der Waals surface area contributed by atoms with Crippen molar-refractivity contribution in [1.29, 1.82) is 0 Å². The van der Waals surface area contributed by atoms with Gasteiger partial charge in [0.2, 0.25) is 0 Å². The molecule has 3 nitrogen and oxygen atoms in total. The van der Waals surface area contributed by atoms with Gasteiger partial charge in [-0.05, 0) is 19.8 Å². The van der Waals surface area contributed by atoms with Gasteiger partial charge in [0, 0.05) is 30.3 Å². The Kier molecular flexibility index (Phi) is 5.35. The maximum Gasteiger partial charge on any atom is 0.443 e. The van der Waals surface area contributed by atoms with Gasteiger partial charge in [0.1, 0.15) is 0 Å². The van der Waals surface area contributed by atoms with E-state index in [9.17, 15) is 13.2 Å². The van der Waals surface area contributed by atoms with Crippen molar-refractivity contribution in [1.82, 2.24) is 4.98 Å². The zero-order chi connectivity index (χ0) is 12.9. The van der Waals surface area contributed by atoms with E-state index in [1.54, 1.807) is 0 Å². The minimum Gasteiger partial charge on any atom is -0.382 e. The fourth-order valence-electron chi connectivity index (χ4n) is 1.28. The van der Waals surface area contributed by atoms with Crippen LogP contribution in [0.5, 0.6) is 0 Å². The van der Waals surface area contributed by atoms with Crippen LogP contribution in [0.25, 0.3) is 0 Å². The first-order chi connectivity index (χ1) is 7.95. The Morgan fingerprint density at radius 2 is 2.24 bits per heavy atom. The maximum absolute atomic E-state index is 12.3. The molecule has 0 aromatic carbocycles. The molecule has 17 heavy (non-hydrogen) atoms. The lowest BCUT2D eigenvalue weighted by Gasteiger charge is -2.08. The molecule has 0 bridgehead atoms. The van der Waals surface area contributed by atoms with Crippen LogP contribution in [-0.4, -0.2) is 18.2 Å². The van der Waals surface area contributed by atoms with E-state index in [1.807, 2.05) is 6.92 Å². The van der Waals surface area contributed by atoms with E-state index in [1.165, 1.54) is 6.20 Å². The van der Waals surface area contributed by atoms with Crippen LogP contribution in [0.2, 0.25) is 0 Å². The maximum atomic E-state index is 12.3. The standard InChI is InChI=1S/C10H15F3N2OS/c1-2-16-5-3-4-7(14)8-6-15-9(17-8)10(11,12)13/h6-7H,2-5,14H2,1H3. The highest BCUT2D eigenvalue weighted by atomic mass is 32.1. The SMILES string of the molecule is CCOCCCC(N)c1cnc(C(F)(F)F)s1. The molecule has 0 saturated heterocycles. The highest BCUT2D eigenvalue weighted by Crippen LogP contribution is 2.34. The lowest BCUT2D eigenvalue weighted by Crippen LogP contribution is -2.09. The van der Waals surface area contributed by atoms with Crippen molar-refractivity contribution in [2.24, 2.45) is 5.73 Å². The van der Waals surface area contributed by atoms with E-state index < -0.39 is 17.2 Å². The van der Waals surface area contributed by atoms with Crippen molar-refractivity contribution in [3.8, 4) is 0 Å². The molecule has 1 atom stereocenters. The van der Waals surface area contributed by atoms with Crippen LogP contribution in [0.4, 0.5) is 13.2 Å². The molecule has 7 heteroatoms. The second kappa shape index (κ2) is 6.32. The third kappa shape index (κ3) is 4.61. The van der Waals surface area contributed by atoms with Gasteiger partial charge in [-0.25, -0.2) is 4.98 Å². The van der Waals surface area contributed by atoms with Crippen molar-refractivity contribution < 1.29 is 17.9 Å². The number of nitrogens with zero attached hydrogens (tertiary/aromatic N) is 1. The predicted octanol–water partition coefficient (Wildman–Crippen LogP) is 2.98. The van der Waals surface area contributed by atoms with E-state index >= 15 is 0 Å². The summed E-state index contributed by atoms with van der Waals surface area (Å²) in [6, 6.07) is -0.399. The molecule has 0 radical (unpaired) electrons. The zero-order valence-electron chi connectivity index (χ0n) is 9.46. The summed E-state index contributed by atoms with van der Waals surface area (Å²) in [5.74, 6) is 0. The zero-order valence-corrected chi connectivity index (χ0v) is 10.3. The number of hydrogen-bond donors (Lipinski definition) is 1. The molecule has 0 spiro atoms. The van der Waals surface area contributed by atoms with Gasteiger partial charge in [-0.1, -0.05) is 0 Å². The van der Waals surface area contributed by atoms with E-state index in [0.717, 1.165) is 6.42 Å². The highest BCUT2D eigenvalue weighted by molar-refractivity contribution is 7.11. The normalized spacial score (nSPS) is 13.9. The van der Waals surface area contributed by atoms with Crippen LogP contribution in [0.1, 0.15) is 35.7 Å². The quantitative estimate of drug-likeness (QED) is 0.807. The Morgan fingerprint density at radius 3 is 2.76 bits per heavy atom. The lowest BCUT2D eigenvalue weighted by molar-refractivity contribution is -0.137. The molecule has 0 fully saturated rings. The minimum absolute atomic E-state index is 0.399. The number of ether oxygens (including phenoxy) is 1. The number of thiazole rings is 1. The first-order valence-electron chi connectivity index (χ1n) is 5.31. The molecule has 1 aromatic heterocycles. The largest absolute Gasteiger partial charge is 0.443 e. The summed E-state index contributed by atoms with van der Waals surface area (Å²) in [5, 5.41) is -0.840. The molecule has 0 aliphatic rings. The van der Waals surface area contributed by atoms with Crippen molar-refractivity contribution >= 4 is 11.3 Å². The fraction of sp³-hybridized carbons (Fsp3) is 0.700. The van der Waals surface area contributed by atoms with Crippen LogP contribution in [0.3, 0.4) is 0 Å². The summed E-state index contributed by atoms with van der Waals surface area (Å²) in [7, 11) is 0. The summed E-state index contributed by atoms with van der Waals surface area (Å²) in [6.45, 7) is 3.10. The van der Waals surface area contributed by atoms with Crippen LogP contribution in [0, 0.1) is 0 Å². The molecule has 0 saturated carbocycles. The summed E-state index contributed by atoms with van der Waals surface area (Å²) in [6.07, 6.45) is -1.85. The van der Waals surface area contributed by atoms with E-state index in [4.69, 9.17) is 10.5 Å². The smallest absolute Gasteiger partial charge is 0.382 e. The van der Waals surface area contributed by atoms with Crippen molar-refractivity contribution in [3.63, 3.8) is 0 Å². The van der Waals surface area contributed by atoms with Gasteiger partial charge >= 0.3 is 6.18 Å². The molecule has 2 N–H and O–H groups in total. The minimum atomic E-state index is -4.38. The summed E-state index contributed by atoms with van der Waals surface area (Å²) >= 11 is 0.610. The molecular formula is C10H15F3N2OS. The number of aromatic nitrogens is 1. The monoisotopic (exact) mass is 268 g/mol. The van der Waals surface area contributed by atoms with E-state index in [-0.39, 0.29) is 0 Å². The third-order valence-electron chi connectivity index (χ3n) is 2.14. The number of hydrogen-bond acceptors (Lipinski definition) is 4. The number of halogens is 3. The van der Waals surface area contributed by atoms with Gasteiger partial charge in [-0.2, -0.15) is 13.2 Å². The van der Waals surface area contributed by atoms with Gasteiger partial charge in [-0.15, -0.1) is 11.3 Å². The Balaban J connectivity index is 2.47. The van der Waals surface area contributed by atoms with E-state index in [0.29, 0.717) is 35.8 Å². The van der Waals surface area contributed by atoms with Gasteiger partial charge in [0.25, 0.3) is 0 Å². The third-order valence-corrected chi connectivity index (χ3v) is 3.31. The predicted molar refractivity (Wildman–Crippen MR) is 59.8 cm³/mol. The fourth-order valence-corrected chi connectivity index (χ4v) is 2.10. The molecule has 0 aliphatic heterocycles. The molecule has 1 aromatic rings. The van der Waals surface area contributed by atoms with Crippen LogP contribution < -0.4 is 5.73 Å². The second-order valence-corrected chi connectivity index (χ2v) is 4.57. The lowest BCUT2D eigenvalue weighted by atomic mass is 10.1. The van der Waals surface area contributed by atoms with Gasteiger partial charge in [-0.3, -0.25) is 0 Å². The average Bonchev–Trinajstić information content (AvgIpc) is 2.72. The molecule has 0 aliphatic carbocycles. The Labute approximate surface area is 102 Å². The molecule has 1 heterocycles. The van der Waals surface area contributed by atoms with E-state index in [2.05, 4.69) is 4.98 Å². The average molecular weight is 268 g/mol. The summed E-state index contributed by atoms with van der Waals surface area (Å²) in [4.78, 5) is 3.80. The topological polar surface area (TPSA) is 48.1 Å². The Morgan fingerprint density at radius 1 is 1.53 bits per heavy atom. The summed E-state index contributed by atoms with van der Waals surface area (Å²) < 4.78 is 42.0. The molecule has 1 rings (SSSR count). The van der Waals surface area contributed by atoms with Crippen molar-refractivity contribution in [2.45, 2.75) is 32.0 Å². The molecule has 1 unspecified atom stereocenters. The van der Waals surface area contributed by atoms with Crippen LogP contribution in [-0.2, 0) is 10.9 Å². The van der Waals surface area contributed by atoms with Crippen molar-refractivity contribution in [3.05, 3.63) is 16.1 Å². The number of nitrogens with two attached hydrogens (primary N) is 1. The molecular weight excluding hydrogens is 253 g/mol. The highest BCUT2D eigenvalue weighted by Gasteiger charge is 2.34. The van der Waals surface area contributed by atoms with Gasteiger partial charge in [0.05, 0.1) is 0 Å². The number of alkyl halides is 3. The first-order valence-corrected chi connectivity index (χ1v) is 6.13. The summed E-state index contributed by atoms with van der Waals surface area (Å²) in [5.41, 5.74) is 5.78. The molecule has 0 amide bonds. The van der Waals surface area contributed by atoms with Crippen LogP contribution >= 0.6 is 11.3 Å².